The first-order valence-corrected chi connectivity index (χ1v) is 10.1. The summed E-state index contributed by atoms with van der Waals surface area (Å²) in [6.07, 6.45) is 4.46. The SMILES string of the molecule is CC(OC(=O)C1CCCN(C(=O)OC(C)(C)C)C1)C(=O)N1CCCCCC1. The van der Waals surface area contributed by atoms with E-state index in [1.165, 1.54) is 0 Å². The van der Waals surface area contributed by atoms with Crippen molar-refractivity contribution in [2.75, 3.05) is 26.2 Å². The lowest BCUT2D eigenvalue weighted by atomic mass is 9.98. The molecule has 0 aromatic heterocycles. The normalized spacial score (nSPS) is 22.6. The smallest absolute Gasteiger partial charge is 0.410 e. The lowest BCUT2D eigenvalue weighted by Crippen LogP contribution is -2.46. The Morgan fingerprint density at radius 2 is 1.52 bits per heavy atom. The van der Waals surface area contributed by atoms with Gasteiger partial charge in [-0.3, -0.25) is 9.59 Å². The predicted octanol–water partition coefficient (Wildman–Crippen LogP) is 2.97. The second-order valence-corrected chi connectivity index (χ2v) is 8.58. The molecule has 0 radical (unpaired) electrons. The lowest BCUT2D eigenvalue weighted by molar-refractivity contribution is -0.163. The highest BCUT2D eigenvalue weighted by molar-refractivity contribution is 5.84. The molecule has 0 N–H and O–H groups in total. The highest BCUT2D eigenvalue weighted by Gasteiger charge is 2.34. The van der Waals surface area contributed by atoms with Crippen molar-refractivity contribution < 1.29 is 23.9 Å². The summed E-state index contributed by atoms with van der Waals surface area (Å²) in [5.41, 5.74) is -0.571. The van der Waals surface area contributed by atoms with Gasteiger partial charge in [-0.25, -0.2) is 4.79 Å². The molecule has 154 valence electrons. The first-order valence-electron chi connectivity index (χ1n) is 10.1. The standard InChI is InChI=1S/C20H34N2O5/c1-15(17(23)21-11-7-5-6-8-12-21)26-18(24)16-10-9-13-22(14-16)19(25)27-20(2,3)4/h15-16H,5-14H2,1-4H3. The molecule has 0 aromatic carbocycles. The number of esters is 1. The molecule has 0 bridgehead atoms. The number of piperidine rings is 1. The number of ether oxygens (including phenoxy) is 2. The van der Waals surface area contributed by atoms with Crippen LogP contribution in [0.4, 0.5) is 4.79 Å². The van der Waals surface area contributed by atoms with E-state index in [4.69, 9.17) is 9.47 Å². The van der Waals surface area contributed by atoms with Gasteiger partial charge in [0.15, 0.2) is 6.10 Å². The van der Waals surface area contributed by atoms with E-state index in [1.807, 2.05) is 20.8 Å². The number of nitrogens with zero attached hydrogens (tertiary/aromatic N) is 2. The molecule has 2 aliphatic heterocycles. The van der Waals surface area contributed by atoms with E-state index in [2.05, 4.69) is 0 Å². The van der Waals surface area contributed by atoms with Crippen LogP contribution in [0.15, 0.2) is 0 Å². The van der Waals surface area contributed by atoms with Crippen molar-refractivity contribution in [3.05, 3.63) is 0 Å². The molecule has 2 aliphatic rings. The number of likely N-dealkylation sites (tertiary alicyclic amines) is 2. The monoisotopic (exact) mass is 382 g/mol. The molecule has 2 saturated heterocycles. The maximum Gasteiger partial charge on any atom is 0.410 e. The van der Waals surface area contributed by atoms with E-state index >= 15 is 0 Å². The van der Waals surface area contributed by atoms with E-state index in [1.54, 1.807) is 16.7 Å². The molecule has 7 heteroatoms. The Labute approximate surface area is 162 Å². The van der Waals surface area contributed by atoms with Crippen molar-refractivity contribution in [3.8, 4) is 0 Å². The Balaban J connectivity index is 1.86. The topological polar surface area (TPSA) is 76.1 Å². The first kappa shape index (κ1) is 21.5. The van der Waals surface area contributed by atoms with E-state index in [0.29, 0.717) is 19.4 Å². The van der Waals surface area contributed by atoms with Gasteiger partial charge >= 0.3 is 12.1 Å². The fourth-order valence-electron chi connectivity index (χ4n) is 3.53. The first-order chi connectivity index (χ1) is 12.7. The molecule has 2 fully saturated rings. The fraction of sp³-hybridized carbons (Fsp3) is 0.850. The molecule has 27 heavy (non-hydrogen) atoms. The molecule has 0 aromatic rings. The second kappa shape index (κ2) is 9.42. The summed E-state index contributed by atoms with van der Waals surface area (Å²) in [7, 11) is 0. The zero-order valence-corrected chi connectivity index (χ0v) is 17.2. The van der Waals surface area contributed by atoms with Crippen molar-refractivity contribution >= 4 is 18.0 Å². The van der Waals surface area contributed by atoms with Crippen molar-refractivity contribution in [1.29, 1.82) is 0 Å². The molecule has 0 spiro atoms. The Bertz CT molecular complexity index is 535. The van der Waals surface area contributed by atoms with Crippen LogP contribution >= 0.6 is 0 Å². The molecule has 0 saturated carbocycles. The summed E-state index contributed by atoms with van der Waals surface area (Å²) in [5.74, 6) is -0.936. The summed E-state index contributed by atoms with van der Waals surface area (Å²) in [5, 5.41) is 0. The number of rotatable bonds is 3. The zero-order chi connectivity index (χ0) is 20.0. The highest BCUT2D eigenvalue weighted by atomic mass is 16.6. The Hall–Kier alpha value is -1.79. The minimum atomic E-state index is -0.785. The summed E-state index contributed by atoms with van der Waals surface area (Å²) in [4.78, 5) is 40.7. The van der Waals surface area contributed by atoms with Gasteiger partial charge in [0.25, 0.3) is 5.91 Å². The van der Waals surface area contributed by atoms with Gasteiger partial charge in [0.1, 0.15) is 5.60 Å². The largest absolute Gasteiger partial charge is 0.452 e. The minimum absolute atomic E-state index is 0.120. The van der Waals surface area contributed by atoms with Gasteiger partial charge in [0, 0.05) is 26.2 Å². The highest BCUT2D eigenvalue weighted by Crippen LogP contribution is 2.21. The molecule has 2 atom stereocenters. The summed E-state index contributed by atoms with van der Waals surface area (Å²) in [6.45, 7) is 9.40. The molecule has 2 heterocycles. The molecular formula is C20H34N2O5. The number of hydrogen-bond acceptors (Lipinski definition) is 5. The number of amides is 2. The lowest BCUT2D eigenvalue weighted by Gasteiger charge is -2.33. The Kier molecular flexibility index (Phi) is 7.50. The van der Waals surface area contributed by atoms with Crippen LogP contribution in [-0.4, -0.2) is 65.7 Å². The molecule has 7 nitrogen and oxygen atoms in total. The minimum Gasteiger partial charge on any atom is -0.452 e. The predicted molar refractivity (Wildman–Crippen MR) is 101 cm³/mol. The van der Waals surface area contributed by atoms with Gasteiger partial charge in [-0.15, -0.1) is 0 Å². The third-order valence-corrected chi connectivity index (χ3v) is 4.96. The van der Waals surface area contributed by atoms with Gasteiger partial charge in [-0.05, 0) is 53.4 Å². The summed E-state index contributed by atoms with van der Waals surface area (Å²) in [6, 6.07) is 0. The third kappa shape index (κ3) is 6.70. The Morgan fingerprint density at radius 3 is 2.11 bits per heavy atom. The van der Waals surface area contributed by atoms with Gasteiger partial charge in [-0.2, -0.15) is 0 Å². The maximum atomic E-state index is 12.6. The average Bonchev–Trinajstić information content (AvgIpc) is 2.89. The molecule has 2 amide bonds. The van der Waals surface area contributed by atoms with E-state index in [9.17, 15) is 14.4 Å². The summed E-state index contributed by atoms with van der Waals surface area (Å²) < 4.78 is 10.9. The average molecular weight is 383 g/mol. The maximum absolute atomic E-state index is 12.6. The number of hydrogen-bond donors (Lipinski definition) is 0. The van der Waals surface area contributed by atoms with E-state index in [0.717, 1.165) is 38.8 Å². The molecule has 2 unspecified atom stereocenters. The number of carbonyl (C=O) groups is 3. The van der Waals surface area contributed by atoms with Crippen molar-refractivity contribution in [2.45, 2.75) is 77.9 Å². The molecule has 2 rings (SSSR count). The summed E-state index contributed by atoms with van der Waals surface area (Å²) >= 11 is 0. The quantitative estimate of drug-likeness (QED) is 0.702. The van der Waals surface area contributed by atoms with Gasteiger partial charge in [0.2, 0.25) is 0 Å². The fourth-order valence-corrected chi connectivity index (χ4v) is 3.53. The van der Waals surface area contributed by atoms with Crippen molar-refractivity contribution in [3.63, 3.8) is 0 Å². The van der Waals surface area contributed by atoms with Crippen LogP contribution in [0.25, 0.3) is 0 Å². The van der Waals surface area contributed by atoms with Crippen LogP contribution in [0.2, 0.25) is 0 Å². The van der Waals surface area contributed by atoms with Crippen molar-refractivity contribution in [1.82, 2.24) is 9.80 Å². The van der Waals surface area contributed by atoms with Crippen LogP contribution in [0.1, 0.15) is 66.2 Å². The van der Waals surface area contributed by atoms with Gasteiger partial charge in [-0.1, -0.05) is 12.8 Å². The van der Waals surface area contributed by atoms with Crippen LogP contribution in [0.5, 0.6) is 0 Å². The number of carbonyl (C=O) groups excluding carboxylic acids is 3. The van der Waals surface area contributed by atoms with Gasteiger partial charge < -0.3 is 19.3 Å². The van der Waals surface area contributed by atoms with Crippen LogP contribution in [0, 0.1) is 5.92 Å². The van der Waals surface area contributed by atoms with Crippen LogP contribution < -0.4 is 0 Å². The molecular weight excluding hydrogens is 348 g/mol. The zero-order valence-electron chi connectivity index (χ0n) is 17.2. The Morgan fingerprint density at radius 1 is 0.926 bits per heavy atom. The third-order valence-electron chi connectivity index (χ3n) is 4.96. The van der Waals surface area contributed by atoms with Gasteiger partial charge in [0.05, 0.1) is 5.92 Å². The van der Waals surface area contributed by atoms with Crippen LogP contribution in [0.3, 0.4) is 0 Å². The second-order valence-electron chi connectivity index (χ2n) is 8.58. The van der Waals surface area contributed by atoms with E-state index in [-0.39, 0.29) is 12.5 Å². The van der Waals surface area contributed by atoms with Crippen molar-refractivity contribution in [2.24, 2.45) is 5.92 Å². The van der Waals surface area contributed by atoms with Crippen LogP contribution in [-0.2, 0) is 19.1 Å². The molecule has 0 aliphatic carbocycles. The van der Waals surface area contributed by atoms with E-state index < -0.39 is 29.7 Å².